The van der Waals surface area contributed by atoms with Crippen molar-refractivity contribution in [2.45, 2.75) is 24.2 Å². The van der Waals surface area contributed by atoms with Gasteiger partial charge in [-0.25, -0.2) is 13.1 Å². The molecule has 1 aliphatic rings. The van der Waals surface area contributed by atoms with Crippen molar-refractivity contribution in [2.75, 3.05) is 18.4 Å². The molecule has 118 valence electrons. The first-order valence-electron chi connectivity index (χ1n) is 6.26. The fourth-order valence-corrected chi connectivity index (χ4v) is 4.16. The van der Waals surface area contributed by atoms with E-state index < -0.39 is 10.0 Å². The molecule has 0 unspecified atom stereocenters. The van der Waals surface area contributed by atoms with Gasteiger partial charge in [-0.3, -0.25) is 4.79 Å². The highest BCUT2D eigenvalue weighted by Crippen LogP contribution is 2.31. The van der Waals surface area contributed by atoms with Crippen LogP contribution in [-0.4, -0.2) is 27.4 Å². The van der Waals surface area contributed by atoms with E-state index in [-0.39, 0.29) is 29.8 Å². The molecule has 0 radical (unpaired) electrons. The van der Waals surface area contributed by atoms with Crippen LogP contribution >= 0.6 is 28.3 Å². The molecule has 0 bridgehead atoms. The first kappa shape index (κ1) is 18.4. The van der Waals surface area contributed by atoms with Gasteiger partial charge < -0.3 is 11.1 Å². The van der Waals surface area contributed by atoms with Crippen molar-refractivity contribution >= 4 is 50.0 Å². The van der Waals surface area contributed by atoms with Crippen LogP contribution in [0.2, 0.25) is 0 Å². The molecule has 2 rings (SSSR count). The Morgan fingerprint density at radius 1 is 1.33 bits per heavy atom. The molecule has 4 N–H and O–H groups in total. The second-order valence-corrected chi connectivity index (χ2v) is 7.12. The lowest BCUT2D eigenvalue weighted by atomic mass is 10.0. The SMILES string of the molecule is Cl.NCCCNS(=O)(=O)c1cc2c(cc1Br)CCC(=O)N2. The Hall–Kier alpha value is -0.670. The molecule has 1 aliphatic heterocycles. The number of aryl methyl sites for hydroxylation is 1. The molecule has 0 fully saturated rings. The van der Waals surface area contributed by atoms with Gasteiger partial charge in [0.1, 0.15) is 0 Å². The molecule has 1 aromatic carbocycles. The number of carbonyl (C=O) groups excluding carboxylic acids is 1. The number of nitrogens with two attached hydrogens (primary N) is 1. The number of sulfonamides is 1. The largest absolute Gasteiger partial charge is 0.330 e. The molecule has 21 heavy (non-hydrogen) atoms. The summed E-state index contributed by atoms with van der Waals surface area (Å²) in [6, 6.07) is 3.23. The average Bonchev–Trinajstić information content (AvgIpc) is 2.38. The van der Waals surface area contributed by atoms with Gasteiger partial charge in [0.15, 0.2) is 0 Å². The van der Waals surface area contributed by atoms with Crippen molar-refractivity contribution in [1.82, 2.24) is 4.72 Å². The maximum Gasteiger partial charge on any atom is 0.241 e. The fraction of sp³-hybridized carbons (Fsp3) is 0.417. The summed E-state index contributed by atoms with van der Waals surface area (Å²) < 4.78 is 27.4. The van der Waals surface area contributed by atoms with Gasteiger partial charge in [-0.05, 0) is 53.0 Å². The lowest BCUT2D eigenvalue weighted by molar-refractivity contribution is -0.116. The topological polar surface area (TPSA) is 101 Å². The van der Waals surface area contributed by atoms with Crippen molar-refractivity contribution in [3.05, 3.63) is 22.2 Å². The summed E-state index contributed by atoms with van der Waals surface area (Å²) in [4.78, 5) is 11.5. The number of amides is 1. The van der Waals surface area contributed by atoms with Crippen LogP contribution in [0.3, 0.4) is 0 Å². The van der Waals surface area contributed by atoms with E-state index in [1.54, 1.807) is 6.07 Å². The zero-order chi connectivity index (χ0) is 14.8. The highest BCUT2D eigenvalue weighted by Gasteiger charge is 2.22. The van der Waals surface area contributed by atoms with Crippen LogP contribution in [0.5, 0.6) is 0 Å². The van der Waals surface area contributed by atoms with Crippen molar-refractivity contribution in [2.24, 2.45) is 5.73 Å². The summed E-state index contributed by atoms with van der Waals surface area (Å²) >= 11 is 3.28. The lowest BCUT2D eigenvalue weighted by Crippen LogP contribution is -2.27. The average molecular weight is 399 g/mol. The molecule has 1 aromatic rings. The van der Waals surface area contributed by atoms with Gasteiger partial charge in [-0.1, -0.05) is 0 Å². The summed E-state index contributed by atoms with van der Waals surface area (Å²) in [6.07, 6.45) is 1.60. The minimum atomic E-state index is -3.62. The van der Waals surface area contributed by atoms with Gasteiger partial charge >= 0.3 is 0 Å². The highest BCUT2D eigenvalue weighted by atomic mass is 79.9. The Kier molecular flexibility index (Phi) is 6.61. The second kappa shape index (κ2) is 7.55. The number of carbonyl (C=O) groups is 1. The third-order valence-corrected chi connectivity index (χ3v) is 5.44. The molecule has 0 spiro atoms. The number of benzene rings is 1. The minimum absolute atomic E-state index is 0. The molecule has 1 amide bonds. The molecular formula is C12H17BrClN3O3S. The molecule has 1 heterocycles. The molecule has 0 saturated heterocycles. The zero-order valence-electron chi connectivity index (χ0n) is 11.2. The predicted octanol–water partition coefficient (Wildman–Crippen LogP) is 1.38. The quantitative estimate of drug-likeness (QED) is 0.652. The predicted molar refractivity (Wildman–Crippen MR) is 87.2 cm³/mol. The Morgan fingerprint density at radius 2 is 2.05 bits per heavy atom. The number of anilines is 1. The van der Waals surface area contributed by atoms with Crippen LogP contribution in [-0.2, 0) is 21.2 Å². The van der Waals surface area contributed by atoms with Gasteiger partial charge in [0.25, 0.3) is 0 Å². The van der Waals surface area contributed by atoms with E-state index in [4.69, 9.17) is 5.73 Å². The fourth-order valence-electron chi connectivity index (χ4n) is 1.97. The Labute approximate surface area is 138 Å². The minimum Gasteiger partial charge on any atom is -0.330 e. The van der Waals surface area contributed by atoms with Crippen LogP contribution in [0.4, 0.5) is 5.69 Å². The monoisotopic (exact) mass is 397 g/mol. The van der Waals surface area contributed by atoms with Crippen molar-refractivity contribution in [1.29, 1.82) is 0 Å². The molecule has 0 aromatic heterocycles. The second-order valence-electron chi connectivity index (χ2n) is 4.53. The molecule has 9 heteroatoms. The van der Waals surface area contributed by atoms with E-state index in [9.17, 15) is 13.2 Å². The number of rotatable bonds is 5. The summed E-state index contributed by atoms with van der Waals surface area (Å²) in [5.41, 5.74) is 6.83. The van der Waals surface area contributed by atoms with Crippen LogP contribution in [0.25, 0.3) is 0 Å². The van der Waals surface area contributed by atoms with E-state index >= 15 is 0 Å². The van der Waals surface area contributed by atoms with Crippen LogP contribution in [0, 0.1) is 0 Å². The Balaban J connectivity index is 0.00000220. The van der Waals surface area contributed by atoms with E-state index in [1.165, 1.54) is 6.07 Å². The van der Waals surface area contributed by atoms with Crippen LogP contribution < -0.4 is 15.8 Å². The zero-order valence-corrected chi connectivity index (χ0v) is 14.4. The number of hydrogen-bond acceptors (Lipinski definition) is 4. The third kappa shape index (κ3) is 4.40. The van der Waals surface area contributed by atoms with Crippen molar-refractivity contribution < 1.29 is 13.2 Å². The van der Waals surface area contributed by atoms with E-state index in [0.717, 1.165) is 5.56 Å². The number of nitrogens with one attached hydrogen (secondary N) is 2. The molecular weight excluding hydrogens is 382 g/mol. The summed E-state index contributed by atoms with van der Waals surface area (Å²) in [7, 11) is -3.62. The Bertz CT molecular complexity index is 637. The van der Waals surface area contributed by atoms with Crippen LogP contribution in [0.15, 0.2) is 21.5 Å². The molecule has 6 nitrogen and oxygen atoms in total. The first-order valence-corrected chi connectivity index (χ1v) is 8.53. The van der Waals surface area contributed by atoms with Gasteiger partial charge in [0.05, 0.1) is 4.90 Å². The van der Waals surface area contributed by atoms with Crippen LogP contribution in [0.1, 0.15) is 18.4 Å². The molecule has 0 atom stereocenters. The summed E-state index contributed by atoms with van der Waals surface area (Å²) in [6.45, 7) is 0.707. The summed E-state index contributed by atoms with van der Waals surface area (Å²) in [5.74, 6) is -0.0979. The highest BCUT2D eigenvalue weighted by molar-refractivity contribution is 9.10. The number of halogens is 2. The maximum absolute atomic E-state index is 12.2. The number of hydrogen-bond donors (Lipinski definition) is 3. The standard InChI is InChI=1S/C12H16BrN3O3S.ClH/c13-9-6-8-2-3-12(17)16-10(8)7-11(9)20(18,19)15-5-1-4-14;/h6-7,15H,1-5,14H2,(H,16,17);1H. The van der Waals surface area contributed by atoms with Gasteiger partial charge in [0.2, 0.25) is 15.9 Å². The smallest absolute Gasteiger partial charge is 0.241 e. The molecule has 0 aliphatic carbocycles. The van der Waals surface area contributed by atoms with E-state index in [1.807, 2.05) is 0 Å². The van der Waals surface area contributed by atoms with Gasteiger partial charge in [-0.2, -0.15) is 0 Å². The first-order chi connectivity index (χ1) is 9.44. The van der Waals surface area contributed by atoms with Crippen molar-refractivity contribution in [3.63, 3.8) is 0 Å². The van der Waals surface area contributed by atoms with E-state index in [0.29, 0.717) is 36.0 Å². The van der Waals surface area contributed by atoms with Gasteiger partial charge in [-0.15, -0.1) is 12.4 Å². The number of fused-ring (bicyclic) bond motifs is 1. The normalized spacial score (nSPS) is 14.1. The maximum atomic E-state index is 12.2. The molecule has 0 saturated carbocycles. The summed E-state index contributed by atoms with van der Waals surface area (Å²) in [5, 5.41) is 2.69. The van der Waals surface area contributed by atoms with E-state index in [2.05, 4.69) is 26.0 Å². The Morgan fingerprint density at radius 3 is 2.71 bits per heavy atom. The lowest BCUT2D eigenvalue weighted by Gasteiger charge is -2.19. The van der Waals surface area contributed by atoms with Gasteiger partial charge in [0, 0.05) is 23.1 Å². The third-order valence-electron chi connectivity index (χ3n) is 3.02. The van der Waals surface area contributed by atoms with Crippen molar-refractivity contribution in [3.8, 4) is 0 Å².